The van der Waals surface area contributed by atoms with Crippen LogP contribution in [-0.4, -0.2) is 68.8 Å². The second-order valence-electron chi connectivity index (χ2n) is 10.2. The first kappa shape index (κ1) is 26.7. The van der Waals surface area contributed by atoms with Crippen LogP contribution in [-0.2, 0) is 16.4 Å². The van der Waals surface area contributed by atoms with E-state index in [1.54, 1.807) is 33.5 Å². The number of hydrogen-bond donors (Lipinski definition) is 0. The van der Waals surface area contributed by atoms with Crippen molar-refractivity contribution in [1.82, 2.24) is 14.2 Å². The molecule has 194 valence electrons. The average Bonchev–Trinajstić information content (AvgIpc) is 3.26. The number of hydrogen-bond acceptors (Lipinski definition) is 6. The SMILES string of the molecule is CCc1ccc2nc(N(CCN(C)C)C(=O)c3ccc(S(=O)(=O)N4CC(C)CC(C)C4)cc3)sc2c1. The lowest BCUT2D eigenvalue weighted by atomic mass is 9.94. The molecule has 2 unspecified atom stereocenters. The number of rotatable bonds is 8. The summed E-state index contributed by atoms with van der Waals surface area (Å²) in [6, 6.07) is 12.6. The molecule has 3 aromatic rings. The molecule has 1 aliphatic rings. The number of anilines is 1. The highest BCUT2D eigenvalue weighted by Crippen LogP contribution is 2.31. The standard InChI is InChI=1S/C27H36N4O3S2/c1-6-21-7-12-24-25(16-21)35-27(28-24)31(14-13-29(4)5)26(32)22-8-10-23(11-9-22)36(33,34)30-17-19(2)15-20(3)18-30/h7-12,16,19-20H,6,13-15,17-18H2,1-5H3. The van der Waals surface area contributed by atoms with Crippen LogP contribution in [0.1, 0.15) is 43.1 Å². The summed E-state index contributed by atoms with van der Waals surface area (Å²) in [4.78, 5) is 22.3. The molecule has 0 bridgehead atoms. The molecular weight excluding hydrogens is 492 g/mol. The molecule has 2 atom stereocenters. The molecule has 0 aliphatic carbocycles. The van der Waals surface area contributed by atoms with Gasteiger partial charge in [0.1, 0.15) is 0 Å². The Labute approximate surface area is 218 Å². The first-order valence-corrected chi connectivity index (χ1v) is 14.8. The van der Waals surface area contributed by atoms with Gasteiger partial charge < -0.3 is 4.90 Å². The Kier molecular flexibility index (Phi) is 8.14. The number of aromatic nitrogens is 1. The summed E-state index contributed by atoms with van der Waals surface area (Å²) < 4.78 is 29.2. The maximum atomic E-state index is 13.6. The van der Waals surface area contributed by atoms with Gasteiger partial charge in [-0.1, -0.05) is 38.2 Å². The van der Waals surface area contributed by atoms with Crippen LogP contribution in [0.2, 0.25) is 0 Å². The van der Waals surface area contributed by atoms with Crippen molar-refractivity contribution < 1.29 is 13.2 Å². The summed E-state index contributed by atoms with van der Waals surface area (Å²) in [7, 11) is 0.341. The number of aryl methyl sites for hydroxylation is 1. The minimum absolute atomic E-state index is 0.184. The summed E-state index contributed by atoms with van der Waals surface area (Å²) in [6.45, 7) is 8.52. The van der Waals surface area contributed by atoms with E-state index in [1.165, 1.54) is 16.9 Å². The van der Waals surface area contributed by atoms with Crippen LogP contribution in [0.15, 0.2) is 47.4 Å². The molecule has 2 aromatic carbocycles. The summed E-state index contributed by atoms with van der Waals surface area (Å²) >= 11 is 1.51. The minimum atomic E-state index is -3.60. The monoisotopic (exact) mass is 528 g/mol. The van der Waals surface area contributed by atoms with E-state index in [2.05, 4.69) is 32.9 Å². The number of piperidine rings is 1. The molecule has 36 heavy (non-hydrogen) atoms. The predicted molar refractivity (Wildman–Crippen MR) is 147 cm³/mol. The predicted octanol–water partition coefficient (Wildman–Crippen LogP) is 4.73. The van der Waals surface area contributed by atoms with E-state index in [0.29, 0.717) is 48.7 Å². The Morgan fingerprint density at radius 3 is 2.33 bits per heavy atom. The Hall–Kier alpha value is -2.33. The van der Waals surface area contributed by atoms with Gasteiger partial charge in [-0.05, 0) is 80.7 Å². The van der Waals surface area contributed by atoms with Crippen molar-refractivity contribution in [1.29, 1.82) is 0 Å². The van der Waals surface area contributed by atoms with Gasteiger partial charge in [-0.25, -0.2) is 13.4 Å². The highest BCUT2D eigenvalue weighted by molar-refractivity contribution is 7.89. The van der Waals surface area contributed by atoms with E-state index in [9.17, 15) is 13.2 Å². The van der Waals surface area contributed by atoms with Crippen LogP contribution in [0.5, 0.6) is 0 Å². The van der Waals surface area contributed by atoms with Gasteiger partial charge in [0, 0.05) is 31.7 Å². The Morgan fingerprint density at radius 1 is 1.06 bits per heavy atom. The number of likely N-dealkylation sites (N-methyl/N-ethyl adjacent to an activating group) is 1. The van der Waals surface area contributed by atoms with Gasteiger partial charge in [0.25, 0.3) is 5.91 Å². The molecule has 2 heterocycles. The van der Waals surface area contributed by atoms with Crippen molar-refractivity contribution in [2.75, 3.05) is 45.2 Å². The van der Waals surface area contributed by atoms with Gasteiger partial charge in [0.2, 0.25) is 10.0 Å². The van der Waals surface area contributed by atoms with Crippen LogP contribution in [0.4, 0.5) is 5.13 Å². The van der Waals surface area contributed by atoms with Crippen molar-refractivity contribution in [3.8, 4) is 0 Å². The second kappa shape index (κ2) is 11.0. The van der Waals surface area contributed by atoms with Crippen molar-refractivity contribution >= 4 is 42.6 Å². The third-order valence-corrected chi connectivity index (χ3v) is 9.56. The molecule has 0 spiro atoms. The molecule has 1 aromatic heterocycles. The highest BCUT2D eigenvalue weighted by atomic mass is 32.2. The van der Waals surface area contributed by atoms with E-state index in [0.717, 1.165) is 23.1 Å². The third kappa shape index (κ3) is 5.80. The molecule has 1 fully saturated rings. The molecule has 4 rings (SSSR count). The number of carbonyl (C=O) groups is 1. The number of carbonyl (C=O) groups excluding carboxylic acids is 1. The highest BCUT2D eigenvalue weighted by Gasteiger charge is 2.32. The maximum Gasteiger partial charge on any atom is 0.260 e. The number of sulfonamides is 1. The van der Waals surface area contributed by atoms with Crippen LogP contribution >= 0.6 is 11.3 Å². The lowest BCUT2D eigenvalue weighted by Gasteiger charge is -2.34. The number of fused-ring (bicyclic) bond motifs is 1. The first-order valence-electron chi connectivity index (χ1n) is 12.5. The fourth-order valence-electron chi connectivity index (χ4n) is 4.75. The number of amides is 1. The zero-order valence-electron chi connectivity index (χ0n) is 21.8. The van der Waals surface area contributed by atoms with E-state index in [1.807, 2.05) is 25.1 Å². The van der Waals surface area contributed by atoms with Crippen LogP contribution in [0, 0.1) is 11.8 Å². The molecule has 0 radical (unpaired) electrons. The smallest absolute Gasteiger partial charge is 0.260 e. The van der Waals surface area contributed by atoms with Gasteiger partial charge in [-0.15, -0.1) is 0 Å². The van der Waals surface area contributed by atoms with Crippen LogP contribution in [0.3, 0.4) is 0 Å². The number of thiazole rings is 1. The van der Waals surface area contributed by atoms with Crippen molar-refractivity contribution in [2.45, 2.75) is 38.5 Å². The summed E-state index contributed by atoms with van der Waals surface area (Å²) in [5, 5.41) is 0.651. The van der Waals surface area contributed by atoms with Crippen molar-refractivity contribution in [2.24, 2.45) is 11.8 Å². The summed E-state index contributed by atoms with van der Waals surface area (Å²) in [6.07, 6.45) is 1.98. The molecule has 9 heteroatoms. The van der Waals surface area contributed by atoms with Gasteiger partial charge in [0.05, 0.1) is 15.1 Å². The molecule has 0 saturated carbocycles. The van der Waals surface area contributed by atoms with Crippen molar-refractivity contribution in [3.63, 3.8) is 0 Å². The van der Waals surface area contributed by atoms with E-state index < -0.39 is 10.0 Å². The normalized spacial score (nSPS) is 19.2. The van der Waals surface area contributed by atoms with Gasteiger partial charge >= 0.3 is 0 Å². The largest absolute Gasteiger partial charge is 0.308 e. The average molecular weight is 529 g/mol. The van der Waals surface area contributed by atoms with Gasteiger partial charge in [-0.2, -0.15) is 4.31 Å². The summed E-state index contributed by atoms with van der Waals surface area (Å²) in [5.41, 5.74) is 2.56. The Bertz CT molecular complexity index is 1310. The fraction of sp³-hybridized carbons (Fsp3) is 0.481. The minimum Gasteiger partial charge on any atom is -0.308 e. The Balaban J connectivity index is 1.61. The van der Waals surface area contributed by atoms with Gasteiger partial charge in [0.15, 0.2) is 5.13 Å². The third-order valence-electron chi connectivity index (χ3n) is 6.67. The van der Waals surface area contributed by atoms with E-state index in [-0.39, 0.29) is 10.8 Å². The maximum absolute atomic E-state index is 13.6. The zero-order chi connectivity index (χ0) is 26.0. The molecule has 0 N–H and O–H groups in total. The van der Waals surface area contributed by atoms with E-state index in [4.69, 9.17) is 4.98 Å². The lowest BCUT2D eigenvalue weighted by molar-refractivity contribution is 0.0985. The van der Waals surface area contributed by atoms with Crippen LogP contribution < -0.4 is 4.90 Å². The topological polar surface area (TPSA) is 73.8 Å². The first-order chi connectivity index (χ1) is 17.1. The molecule has 1 saturated heterocycles. The summed E-state index contributed by atoms with van der Waals surface area (Å²) in [5.74, 6) is 0.476. The lowest BCUT2D eigenvalue weighted by Crippen LogP contribution is -2.42. The second-order valence-corrected chi connectivity index (χ2v) is 13.2. The van der Waals surface area contributed by atoms with Gasteiger partial charge in [-0.3, -0.25) is 9.69 Å². The fourth-order valence-corrected chi connectivity index (χ4v) is 7.49. The van der Waals surface area contributed by atoms with Crippen molar-refractivity contribution in [3.05, 3.63) is 53.6 Å². The Morgan fingerprint density at radius 2 is 1.72 bits per heavy atom. The number of nitrogens with zero attached hydrogens (tertiary/aromatic N) is 4. The van der Waals surface area contributed by atoms with E-state index >= 15 is 0 Å². The number of benzene rings is 2. The quantitative estimate of drug-likeness (QED) is 0.423. The van der Waals surface area contributed by atoms with Crippen LogP contribution in [0.25, 0.3) is 10.2 Å². The molecule has 7 nitrogen and oxygen atoms in total. The zero-order valence-corrected chi connectivity index (χ0v) is 23.4. The molecular formula is C27H36N4O3S2. The molecule has 1 aliphatic heterocycles. The molecule has 1 amide bonds.